The van der Waals surface area contributed by atoms with Crippen LogP contribution in [-0.4, -0.2) is 12.2 Å². The van der Waals surface area contributed by atoms with Gasteiger partial charge in [0.25, 0.3) is 0 Å². The molecule has 3 nitrogen and oxygen atoms in total. The number of halogens is 2. The highest BCUT2D eigenvalue weighted by Crippen LogP contribution is 2.32. The summed E-state index contributed by atoms with van der Waals surface area (Å²) in [4.78, 5) is 0. The molecule has 0 radical (unpaired) electrons. The van der Waals surface area contributed by atoms with Gasteiger partial charge in [0.15, 0.2) is 0 Å². The summed E-state index contributed by atoms with van der Waals surface area (Å²) < 4.78 is 5.36. The van der Waals surface area contributed by atoms with Crippen LogP contribution in [0.2, 0.25) is 5.02 Å². The Morgan fingerprint density at radius 2 is 1.59 bits per heavy atom. The first-order valence-corrected chi connectivity index (χ1v) is 8.84. The van der Waals surface area contributed by atoms with E-state index in [0.29, 0.717) is 11.6 Å². The molecule has 3 aromatic rings. The maximum atomic E-state index is 10.8. The maximum absolute atomic E-state index is 10.8. The lowest BCUT2D eigenvalue weighted by molar-refractivity contribution is 0.146. The van der Waals surface area contributed by atoms with Gasteiger partial charge in [0, 0.05) is 12.1 Å². The second-order valence-electron chi connectivity index (χ2n) is 6.24. The number of ether oxygens (including phenoxy) is 1. The molecule has 3 aromatic carbocycles. The summed E-state index contributed by atoms with van der Waals surface area (Å²) in [6.07, 6.45) is -0.823. The fraction of sp³-hybridized carbons (Fsp3) is 0.182. The van der Waals surface area contributed by atoms with Gasteiger partial charge in [-0.05, 0) is 39.9 Å². The number of aliphatic hydroxyl groups is 1. The predicted molar refractivity (Wildman–Crippen MR) is 113 cm³/mol. The molecule has 3 rings (SSSR count). The van der Waals surface area contributed by atoms with Gasteiger partial charge in [-0.25, -0.2) is 0 Å². The van der Waals surface area contributed by atoms with Crippen LogP contribution in [0.3, 0.4) is 0 Å². The Morgan fingerprint density at radius 1 is 0.963 bits per heavy atom. The highest BCUT2D eigenvalue weighted by Gasteiger charge is 2.20. The molecule has 3 N–H and O–H groups in total. The highest BCUT2D eigenvalue weighted by molar-refractivity contribution is 6.30. The smallest absolute Gasteiger partial charge is 0.0982 e. The van der Waals surface area contributed by atoms with Crippen LogP contribution in [0.1, 0.15) is 28.8 Å². The lowest BCUT2D eigenvalue weighted by Crippen LogP contribution is -2.19. The Kier molecular flexibility index (Phi) is 7.84. The largest absolute Gasteiger partial charge is 0.386 e. The van der Waals surface area contributed by atoms with Crippen molar-refractivity contribution in [3.8, 4) is 11.1 Å². The zero-order valence-corrected chi connectivity index (χ0v) is 16.6. The van der Waals surface area contributed by atoms with Crippen LogP contribution < -0.4 is 5.73 Å². The van der Waals surface area contributed by atoms with E-state index < -0.39 is 12.1 Å². The predicted octanol–water partition coefficient (Wildman–Crippen LogP) is 5.31. The number of benzene rings is 3. The first-order valence-electron chi connectivity index (χ1n) is 8.46. The van der Waals surface area contributed by atoms with Gasteiger partial charge < -0.3 is 15.6 Å². The molecule has 0 saturated heterocycles. The molecular formula is C22H23Cl2NO2. The summed E-state index contributed by atoms with van der Waals surface area (Å²) in [5.74, 6) is 0. The number of hydrogen-bond donors (Lipinski definition) is 2. The Morgan fingerprint density at radius 3 is 2.22 bits per heavy atom. The van der Waals surface area contributed by atoms with Crippen molar-refractivity contribution in [3.63, 3.8) is 0 Å². The summed E-state index contributed by atoms with van der Waals surface area (Å²) in [7, 11) is 1.66. The van der Waals surface area contributed by atoms with Crippen molar-refractivity contribution in [2.45, 2.75) is 18.8 Å². The standard InChI is InChI=1S/C22H22ClNO2.ClH/c1-26-14-18-13-17(9-12-20(18)15-5-3-2-4-6-15)22(25)21(24)16-7-10-19(23)11-8-16;/h2-13,21-22,25H,14,24H2,1H3;1H. The van der Waals surface area contributed by atoms with Crippen LogP contribution in [-0.2, 0) is 11.3 Å². The average molecular weight is 404 g/mol. The van der Waals surface area contributed by atoms with E-state index in [-0.39, 0.29) is 12.4 Å². The minimum Gasteiger partial charge on any atom is -0.386 e. The Bertz CT molecular complexity index is 854. The summed E-state index contributed by atoms with van der Waals surface area (Å²) in [5, 5.41) is 11.4. The highest BCUT2D eigenvalue weighted by atomic mass is 35.5. The summed E-state index contributed by atoms with van der Waals surface area (Å²) in [5.41, 5.74) is 11.1. The molecule has 0 heterocycles. The van der Waals surface area contributed by atoms with E-state index in [9.17, 15) is 5.11 Å². The molecule has 0 spiro atoms. The van der Waals surface area contributed by atoms with E-state index in [1.165, 1.54) is 0 Å². The van der Waals surface area contributed by atoms with E-state index >= 15 is 0 Å². The van der Waals surface area contributed by atoms with Crippen LogP contribution >= 0.6 is 24.0 Å². The molecule has 0 aliphatic rings. The molecule has 0 aliphatic carbocycles. The summed E-state index contributed by atoms with van der Waals surface area (Å²) >= 11 is 5.93. The van der Waals surface area contributed by atoms with Crippen LogP contribution in [0.4, 0.5) is 0 Å². The molecule has 2 unspecified atom stereocenters. The molecule has 0 aliphatic heterocycles. The first kappa shape index (κ1) is 21.4. The third kappa shape index (κ3) is 5.10. The molecule has 0 saturated carbocycles. The van der Waals surface area contributed by atoms with Crippen LogP contribution in [0, 0.1) is 0 Å². The van der Waals surface area contributed by atoms with Gasteiger partial charge in [0.2, 0.25) is 0 Å². The molecule has 0 aromatic heterocycles. The number of methoxy groups -OCH3 is 1. The number of nitrogens with two attached hydrogens (primary N) is 1. The molecule has 2 atom stereocenters. The van der Waals surface area contributed by atoms with Gasteiger partial charge in [0.05, 0.1) is 18.8 Å². The van der Waals surface area contributed by atoms with Gasteiger partial charge in [-0.15, -0.1) is 12.4 Å². The fourth-order valence-corrected chi connectivity index (χ4v) is 3.17. The molecule has 142 valence electrons. The Hall–Kier alpha value is -1.88. The van der Waals surface area contributed by atoms with E-state index in [2.05, 4.69) is 12.1 Å². The Balaban J connectivity index is 0.00000261. The number of hydrogen-bond acceptors (Lipinski definition) is 3. The lowest BCUT2D eigenvalue weighted by Gasteiger charge is -2.21. The van der Waals surface area contributed by atoms with Crippen molar-refractivity contribution in [2.24, 2.45) is 5.73 Å². The third-order valence-electron chi connectivity index (χ3n) is 4.45. The minimum absolute atomic E-state index is 0. The van der Waals surface area contributed by atoms with E-state index in [0.717, 1.165) is 27.8 Å². The molecular weight excluding hydrogens is 381 g/mol. The van der Waals surface area contributed by atoms with Gasteiger partial charge >= 0.3 is 0 Å². The molecule has 0 fully saturated rings. The quantitative estimate of drug-likeness (QED) is 0.586. The average Bonchev–Trinajstić information content (AvgIpc) is 2.68. The van der Waals surface area contributed by atoms with Gasteiger partial charge in [0.1, 0.15) is 0 Å². The van der Waals surface area contributed by atoms with Crippen LogP contribution in [0.15, 0.2) is 72.8 Å². The monoisotopic (exact) mass is 403 g/mol. The second kappa shape index (κ2) is 9.88. The molecule has 0 amide bonds. The molecule has 5 heteroatoms. The zero-order valence-electron chi connectivity index (χ0n) is 15.0. The summed E-state index contributed by atoms with van der Waals surface area (Å²) in [6.45, 7) is 0.459. The first-order chi connectivity index (χ1) is 12.6. The minimum atomic E-state index is -0.823. The normalized spacial score (nSPS) is 12.9. The lowest BCUT2D eigenvalue weighted by atomic mass is 9.92. The van der Waals surface area contributed by atoms with Gasteiger partial charge in [-0.2, -0.15) is 0 Å². The Labute approximate surface area is 171 Å². The fourth-order valence-electron chi connectivity index (χ4n) is 3.05. The van der Waals surface area contributed by atoms with E-state index in [1.807, 2.05) is 48.5 Å². The van der Waals surface area contributed by atoms with Crippen LogP contribution in [0.5, 0.6) is 0 Å². The van der Waals surface area contributed by atoms with E-state index in [1.54, 1.807) is 19.2 Å². The van der Waals surface area contributed by atoms with Gasteiger partial charge in [-0.3, -0.25) is 0 Å². The van der Waals surface area contributed by atoms with Crippen molar-refractivity contribution in [1.29, 1.82) is 0 Å². The topological polar surface area (TPSA) is 55.5 Å². The van der Waals surface area contributed by atoms with Gasteiger partial charge in [-0.1, -0.05) is 72.3 Å². The van der Waals surface area contributed by atoms with Crippen molar-refractivity contribution in [2.75, 3.05) is 7.11 Å². The van der Waals surface area contributed by atoms with Crippen molar-refractivity contribution >= 4 is 24.0 Å². The molecule has 27 heavy (non-hydrogen) atoms. The zero-order chi connectivity index (χ0) is 18.5. The van der Waals surface area contributed by atoms with Crippen LogP contribution in [0.25, 0.3) is 11.1 Å². The SMILES string of the molecule is COCc1cc(C(O)C(N)c2ccc(Cl)cc2)ccc1-c1ccccc1.Cl. The number of aliphatic hydroxyl groups excluding tert-OH is 1. The third-order valence-corrected chi connectivity index (χ3v) is 4.70. The number of rotatable bonds is 6. The van der Waals surface area contributed by atoms with Crippen molar-refractivity contribution < 1.29 is 9.84 Å². The van der Waals surface area contributed by atoms with Crippen molar-refractivity contribution in [1.82, 2.24) is 0 Å². The summed E-state index contributed by atoms with van der Waals surface area (Å²) in [6, 6.07) is 22.7. The van der Waals surface area contributed by atoms with E-state index in [4.69, 9.17) is 22.1 Å². The maximum Gasteiger partial charge on any atom is 0.0982 e. The van der Waals surface area contributed by atoms with Crippen molar-refractivity contribution in [3.05, 3.63) is 94.5 Å². The molecule has 0 bridgehead atoms. The second-order valence-corrected chi connectivity index (χ2v) is 6.67.